The summed E-state index contributed by atoms with van der Waals surface area (Å²) in [6, 6.07) is 6.22. The normalized spacial score (nSPS) is 17.1. The first-order chi connectivity index (χ1) is 14.7. The Hall–Kier alpha value is -3.42. The number of esters is 3. The van der Waals surface area contributed by atoms with Crippen LogP contribution in [-0.2, 0) is 19.0 Å². The number of benzene rings is 1. The molecule has 164 valence electrons. The van der Waals surface area contributed by atoms with E-state index in [1.807, 2.05) is 6.92 Å². The van der Waals surface area contributed by atoms with E-state index in [4.69, 9.17) is 14.2 Å². The summed E-state index contributed by atoms with van der Waals surface area (Å²) in [6.45, 7) is 5.17. The van der Waals surface area contributed by atoms with Gasteiger partial charge in [-0.1, -0.05) is 6.92 Å². The Kier molecular flexibility index (Phi) is 6.29. The topological polar surface area (TPSA) is 101 Å². The minimum absolute atomic E-state index is 0.113. The van der Waals surface area contributed by atoms with Gasteiger partial charge < -0.3 is 18.8 Å². The van der Waals surface area contributed by atoms with Crippen LogP contribution in [0.1, 0.15) is 55.8 Å². The highest BCUT2D eigenvalue weighted by atomic mass is 16.5. The van der Waals surface area contributed by atoms with Crippen LogP contribution in [0.3, 0.4) is 0 Å². The zero-order valence-electron chi connectivity index (χ0n) is 18.2. The Balaban J connectivity index is 1.93. The summed E-state index contributed by atoms with van der Waals surface area (Å²) < 4.78 is 16.5. The van der Waals surface area contributed by atoms with Gasteiger partial charge in [0.25, 0.3) is 0 Å². The molecule has 0 amide bonds. The van der Waals surface area contributed by atoms with Crippen LogP contribution in [0.2, 0.25) is 0 Å². The number of Topliss-reactive ketones (excluding diaryl/α,β-unsaturated/α-hetero) is 1. The average Bonchev–Trinajstić information content (AvgIpc) is 3.42. The first-order valence-corrected chi connectivity index (χ1v) is 9.88. The number of nitrogens with zero attached hydrogens (tertiary/aromatic N) is 1. The van der Waals surface area contributed by atoms with Gasteiger partial charge in [-0.15, -0.1) is 0 Å². The van der Waals surface area contributed by atoms with Gasteiger partial charge in [-0.2, -0.15) is 0 Å². The fourth-order valence-corrected chi connectivity index (χ4v) is 3.63. The molecule has 2 atom stereocenters. The van der Waals surface area contributed by atoms with Crippen LogP contribution in [0.4, 0.5) is 0 Å². The quantitative estimate of drug-likeness (QED) is 0.380. The first-order valence-electron chi connectivity index (χ1n) is 9.88. The lowest BCUT2D eigenvalue weighted by Gasteiger charge is -2.13. The van der Waals surface area contributed by atoms with Gasteiger partial charge in [-0.05, 0) is 50.5 Å². The zero-order valence-corrected chi connectivity index (χ0v) is 18.2. The summed E-state index contributed by atoms with van der Waals surface area (Å²) >= 11 is 0. The highest BCUT2D eigenvalue weighted by Gasteiger charge is 2.40. The molecule has 1 aromatic heterocycles. The average molecular weight is 427 g/mol. The number of methoxy groups -OCH3 is 2. The van der Waals surface area contributed by atoms with E-state index in [1.165, 1.54) is 20.3 Å². The predicted molar refractivity (Wildman–Crippen MR) is 110 cm³/mol. The lowest BCUT2D eigenvalue weighted by molar-refractivity contribution is -0.144. The van der Waals surface area contributed by atoms with E-state index in [-0.39, 0.29) is 35.4 Å². The predicted octanol–water partition coefficient (Wildman–Crippen LogP) is 3.05. The van der Waals surface area contributed by atoms with Crippen molar-refractivity contribution in [1.82, 2.24) is 4.57 Å². The number of rotatable bonds is 7. The van der Waals surface area contributed by atoms with Crippen molar-refractivity contribution in [2.45, 2.75) is 27.2 Å². The molecule has 2 aromatic rings. The number of ketones is 1. The second-order valence-electron chi connectivity index (χ2n) is 7.72. The fraction of sp³-hybridized carbons (Fsp3) is 0.391. The van der Waals surface area contributed by atoms with Gasteiger partial charge >= 0.3 is 17.9 Å². The minimum atomic E-state index is -0.605. The summed E-state index contributed by atoms with van der Waals surface area (Å²) in [5.41, 5.74) is 2.55. The summed E-state index contributed by atoms with van der Waals surface area (Å²) in [6.07, 6.45) is 0.792. The third-order valence-electron chi connectivity index (χ3n) is 5.51. The summed E-state index contributed by atoms with van der Waals surface area (Å²) in [4.78, 5) is 48.8. The Bertz CT molecular complexity index is 1030. The molecule has 1 aliphatic carbocycles. The number of aromatic nitrogens is 1. The lowest BCUT2D eigenvalue weighted by atomic mass is 10.1. The molecule has 0 spiro atoms. The van der Waals surface area contributed by atoms with Gasteiger partial charge in [-0.3, -0.25) is 9.59 Å². The van der Waals surface area contributed by atoms with E-state index < -0.39 is 11.9 Å². The van der Waals surface area contributed by atoms with Crippen LogP contribution in [-0.4, -0.2) is 49.1 Å². The van der Waals surface area contributed by atoms with E-state index >= 15 is 0 Å². The molecule has 1 saturated carbocycles. The van der Waals surface area contributed by atoms with Gasteiger partial charge in [0.15, 0.2) is 6.61 Å². The third-order valence-corrected chi connectivity index (χ3v) is 5.51. The van der Waals surface area contributed by atoms with Crippen molar-refractivity contribution in [2.24, 2.45) is 11.8 Å². The highest BCUT2D eigenvalue weighted by Crippen LogP contribution is 2.38. The Morgan fingerprint density at radius 2 is 1.52 bits per heavy atom. The smallest absolute Gasteiger partial charge is 0.337 e. The molecule has 0 aliphatic heterocycles. The van der Waals surface area contributed by atoms with Gasteiger partial charge in [0.2, 0.25) is 5.78 Å². The zero-order chi connectivity index (χ0) is 22.9. The molecule has 8 nitrogen and oxygen atoms in total. The number of hydrogen-bond donors (Lipinski definition) is 0. The number of hydrogen-bond acceptors (Lipinski definition) is 7. The summed E-state index contributed by atoms with van der Waals surface area (Å²) in [5, 5.41) is 0. The number of ether oxygens (including phenoxy) is 3. The molecular weight excluding hydrogens is 402 g/mol. The molecule has 0 radical (unpaired) electrons. The van der Waals surface area contributed by atoms with Crippen molar-refractivity contribution in [2.75, 3.05) is 20.8 Å². The van der Waals surface area contributed by atoms with E-state index in [0.717, 1.165) is 6.42 Å². The fourth-order valence-electron chi connectivity index (χ4n) is 3.63. The summed E-state index contributed by atoms with van der Waals surface area (Å²) in [5.74, 6) is -1.68. The van der Waals surface area contributed by atoms with E-state index in [2.05, 4.69) is 0 Å². The van der Waals surface area contributed by atoms with Crippen LogP contribution < -0.4 is 0 Å². The maximum Gasteiger partial charge on any atom is 0.337 e. The molecule has 1 aromatic carbocycles. The minimum Gasteiger partial charge on any atom is -0.465 e. The molecule has 0 bridgehead atoms. The van der Waals surface area contributed by atoms with Gasteiger partial charge in [-0.25, -0.2) is 9.59 Å². The summed E-state index contributed by atoms with van der Waals surface area (Å²) in [7, 11) is 2.50. The van der Waals surface area contributed by atoms with Crippen molar-refractivity contribution >= 4 is 23.7 Å². The molecule has 1 fully saturated rings. The van der Waals surface area contributed by atoms with Gasteiger partial charge in [0.05, 0.1) is 31.3 Å². The molecular formula is C23H25NO7. The molecule has 8 heteroatoms. The molecule has 3 rings (SSSR count). The second kappa shape index (κ2) is 8.75. The van der Waals surface area contributed by atoms with Crippen molar-refractivity contribution in [3.05, 3.63) is 52.3 Å². The number of aryl methyl sites for hydroxylation is 1. The van der Waals surface area contributed by atoms with Gasteiger partial charge in [0, 0.05) is 22.6 Å². The molecule has 0 saturated heterocycles. The van der Waals surface area contributed by atoms with Crippen LogP contribution in [0.25, 0.3) is 5.69 Å². The van der Waals surface area contributed by atoms with Crippen LogP contribution in [0.5, 0.6) is 0 Å². The number of carbonyl (C=O) groups is 4. The molecule has 2 unspecified atom stereocenters. The van der Waals surface area contributed by atoms with Crippen LogP contribution in [0, 0.1) is 25.7 Å². The largest absolute Gasteiger partial charge is 0.465 e. The van der Waals surface area contributed by atoms with E-state index in [9.17, 15) is 19.2 Å². The standard InChI is InChI=1S/C23H25NO7/c1-12-6-18(12)23(28)31-11-20(25)19-7-13(2)24(14(19)3)17-9-15(21(26)29-4)8-16(10-17)22(27)30-5/h7-10,12,18H,6,11H2,1-5H3. The SMILES string of the molecule is COC(=O)c1cc(C(=O)OC)cc(-n2c(C)cc(C(=O)COC(=O)C3CC3C)c2C)c1. The van der Waals surface area contributed by atoms with Gasteiger partial charge in [0.1, 0.15) is 0 Å². The molecule has 1 heterocycles. The van der Waals surface area contributed by atoms with E-state index in [1.54, 1.807) is 36.6 Å². The highest BCUT2D eigenvalue weighted by molar-refractivity contribution is 6.00. The Labute approximate surface area is 180 Å². The third kappa shape index (κ3) is 4.52. The van der Waals surface area contributed by atoms with Crippen molar-refractivity contribution < 1.29 is 33.4 Å². The lowest BCUT2D eigenvalue weighted by Crippen LogP contribution is -2.16. The van der Waals surface area contributed by atoms with Crippen molar-refractivity contribution in [3.63, 3.8) is 0 Å². The molecule has 0 N–H and O–H groups in total. The Morgan fingerprint density at radius 3 is 2.00 bits per heavy atom. The van der Waals surface area contributed by atoms with Crippen molar-refractivity contribution in [1.29, 1.82) is 0 Å². The molecule has 31 heavy (non-hydrogen) atoms. The molecule has 1 aliphatic rings. The van der Waals surface area contributed by atoms with Crippen LogP contribution in [0.15, 0.2) is 24.3 Å². The monoisotopic (exact) mass is 427 g/mol. The maximum atomic E-state index is 12.7. The van der Waals surface area contributed by atoms with E-state index in [0.29, 0.717) is 28.6 Å². The first kappa shape index (κ1) is 22.3. The number of carbonyl (C=O) groups excluding carboxylic acids is 4. The Morgan fingerprint density at radius 1 is 0.968 bits per heavy atom. The maximum absolute atomic E-state index is 12.7. The second-order valence-corrected chi connectivity index (χ2v) is 7.72. The van der Waals surface area contributed by atoms with Crippen molar-refractivity contribution in [3.8, 4) is 5.69 Å². The van der Waals surface area contributed by atoms with Crippen LogP contribution >= 0.6 is 0 Å².